The number of aliphatic hydroxyl groups is 4. The minimum atomic E-state index is -5.94. The number of nitrogens with two attached hydrogens (primary N) is 1. The van der Waals surface area contributed by atoms with Crippen LogP contribution < -0.4 is 35.9 Å². The first kappa shape index (κ1) is 47.6. The van der Waals surface area contributed by atoms with Gasteiger partial charge in [-0.3, -0.25) is 28.1 Å². The Morgan fingerprint density at radius 3 is 2.43 bits per heavy atom. The lowest BCUT2D eigenvalue weighted by Gasteiger charge is -2.36. The Balaban J connectivity index is 1.22. The van der Waals surface area contributed by atoms with Crippen molar-refractivity contribution >= 4 is 69.1 Å². The molecule has 1 aliphatic carbocycles. The van der Waals surface area contributed by atoms with Crippen molar-refractivity contribution in [2.24, 2.45) is 5.41 Å². The monoisotopic (exact) mass is 901 g/mol. The summed E-state index contributed by atoms with van der Waals surface area (Å²) in [5, 5.41) is 45.1. The molecule has 3 heterocycles. The van der Waals surface area contributed by atoms with Crippen LogP contribution in [0, 0.1) is 5.41 Å². The number of rotatable bonds is 20. The smallest absolute Gasteiger partial charge is 0.274 e. The molecule has 0 bridgehead atoms. The minimum absolute atomic E-state index is 0.00293. The number of imidazole rings is 1. The maximum absolute atomic E-state index is 12.5. The molecule has 0 radical (unpaired) electrons. The molecule has 26 nitrogen and oxygen atoms in total. The lowest BCUT2D eigenvalue weighted by Crippen LogP contribution is -2.46. The Hall–Kier alpha value is -3.04. The highest BCUT2D eigenvalue weighted by atomic mass is 32.2. The summed E-state index contributed by atoms with van der Waals surface area (Å²) >= 11 is 0.798. The summed E-state index contributed by atoms with van der Waals surface area (Å²) in [6.45, 7) is -0.228. The number of anilines is 1. The molecule has 0 spiro atoms. The number of carbonyl (C=O) groups is 3. The molecule has 30 heteroatoms. The highest BCUT2D eigenvalue weighted by Crippen LogP contribution is 2.56. The number of phosphoric ester groups is 3. The van der Waals surface area contributed by atoms with Crippen LogP contribution in [0.25, 0.3) is 11.2 Å². The summed E-state index contributed by atoms with van der Waals surface area (Å²) in [5.74, 6) is -1.57. The summed E-state index contributed by atoms with van der Waals surface area (Å²) in [4.78, 5) is 96.3. The van der Waals surface area contributed by atoms with Crippen LogP contribution in [0.1, 0.15) is 26.5 Å². The molecule has 2 amide bonds. The molecule has 58 heavy (non-hydrogen) atoms. The van der Waals surface area contributed by atoms with Crippen LogP contribution >= 0.6 is 35.2 Å². The van der Waals surface area contributed by atoms with Crippen LogP contribution in [-0.4, -0.2) is 126 Å². The molecule has 2 aliphatic rings. The number of aliphatic hydroxyl groups excluding tert-OH is 4. The number of hydrogen-bond acceptors (Lipinski definition) is 24. The second-order valence-corrected chi connectivity index (χ2v) is 18.2. The fourth-order valence-corrected chi connectivity index (χ4v) is 8.66. The normalized spacial score (nSPS) is 25.1. The van der Waals surface area contributed by atoms with Crippen LogP contribution in [0.15, 0.2) is 36.5 Å². The third kappa shape index (κ3) is 13.0. The first-order valence-corrected chi connectivity index (χ1v) is 22.0. The molecule has 8 N–H and O–H groups in total. The van der Waals surface area contributed by atoms with Crippen LogP contribution in [0.3, 0.4) is 0 Å². The van der Waals surface area contributed by atoms with Crippen molar-refractivity contribution in [3.63, 3.8) is 0 Å². The molecule has 1 saturated heterocycles. The number of amides is 2. The highest BCUT2D eigenvalue weighted by Gasteiger charge is 2.47. The van der Waals surface area contributed by atoms with Gasteiger partial charge in [-0.25, -0.2) is 19.3 Å². The third-order valence-electron chi connectivity index (χ3n) is 8.17. The molecule has 1 fully saturated rings. The van der Waals surface area contributed by atoms with Crippen molar-refractivity contribution in [2.45, 2.75) is 63.1 Å². The van der Waals surface area contributed by atoms with E-state index < -0.39 is 102 Å². The predicted molar refractivity (Wildman–Crippen MR) is 187 cm³/mol. The zero-order valence-electron chi connectivity index (χ0n) is 30.2. The number of thioether (sulfide) groups is 1. The van der Waals surface area contributed by atoms with Crippen LogP contribution in [0.5, 0.6) is 0 Å². The Bertz CT molecular complexity index is 2030. The molecular weight excluding hydrogens is 863 g/mol. The van der Waals surface area contributed by atoms with Gasteiger partial charge in [0.15, 0.2) is 17.7 Å². The van der Waals surface area contributed by atoms with E-state index in [0.29, 0.717) is 0 Å². The van der Waals surface area contributed by atoms with E-state index in [-0.39, 0.29) is 47.8 Å². The summed E-state index contributed by atoms with van der Waals surface area (Å²) in [5.41, 5.74) is 4.01. The maximum atomic E-state index is 12.5. The first-order valence-electron chi connectivity index (χ1n) is 16.6. The quantitative estimate of drug-likeness (QED) is 0.0485. The largest absolute Gasteiger partial charge is 0.790 e. The summed E-state index contributed by atoms with van der Waals surface area (Å²) in [6, 6.07) is 0. The van der Waals surface area contributed by atoms with Crippen molar-refractivity contribution in [1.82, 2.24) is 30.2 Å². The van der Waals surface area contributed by atoms with Gasteiger partial charge in [0.2, 0.25) is 16.9 Å². The number of fused-ring (bicyclic) bond motifs is 1. The van der Waals surface area contributed by atoms with Gasteiger partial charge in [-0.1, -0.05) is 43.8 Å². The van der Waals surface area contributed by atoms with Crippen molar-refractivity contribution in [2.75, 3.05) is 37.8 Å². The first-order chi connectivity index (χ1) is 26.9. The average molecular weight is 902 g/mol. The Morgan fingerprint density at radius 2 is 1.74 bits per heavy atom. The number of ether oxygens (including phenoxy) is 1. The topological polar surface area (TPSA) is 415 Å². The van der Waals surface area contributed by atoms with E-state index in [9.17, 15) is 68.1 Å². The predicted octanol–water partition coefficient (Wildman–Crippen LogP) is -4.65. The van der Waals surface area contributed by atoms with Gasteiger partial charge in [-0.2, -0.15) is 0 Å². The van der Waals surface area contributed by atoms with E-state index in [1.165, 1.54) is 32.1 Å². The van der Waals surface area contributed by atoms with E-state index in [1.54, 1.807) is 0 Å². The zero-order valence-corrected chi connectivity index (χ0v) is 33.7. The van der Waals surface area contributed by atoms with Gasteiger partial charge in [-0.15, -0.1) is 0 Å². The molecule has 2 aromatic rings. The standard InChI is InChI=1S/C28H42N7O19P3S/c1-28(2,22(40)25(41)31-7-6-17(37)30-8-9-58-27(42)14-4-3-5-15(36)19(14)38)11-51-57(48,49)54-56(46,47)50-10-16-21(53-55(43,44)45)20(39)26(52-16)35-13-34-18-23(29)32-12-33-24(18)35/h3-5,12-13,15-16,19-22,26,36,38-40H,6-11H2,1-2H3,(H,30,37)(H,31,41)(H,46,47)(H,48,49)(H2,29,32,33)(H2,43,44,45)/p-4/t15?,16-,19?,20-,21-,22+,26-/m1/s1. The zero-order chi connectivity index (χ0) is 43.2. The number of nitrogens with zero attached hydrogens (tertiary/aromatic N) is 4. The molecule has 4 rings (SSSR count). The average Bonchev–Trinajstić information content (AvgIpc) is 3.69. The van der Waals surface area contributed by atoms with Gasteiger partial charge in [0.1, 0.15) is 48.5 Å². The Labute approximate surface area is 332 Å². The van der Waals surface area contributed by atoms with E-state index in [2.05, 4.69) is 43.5 Å². The molecule has 2 aromatic heterocycles. The lowest BCUT2D eigenvalue weighted by molar-refractivity contribution is -0.347. The number of nitrogens with one attached hydrogen (secondary N) is 2. The highest BCUT2D eigenvalue weighted by molar-refractivity contribution is 8.14. The molecular formula is C28H38N7O19P3S-4. The second kappa shape index (κ2) is 19.6. The van der Waals surface area contributed by atoms with Gasteiger partial charge in [0, 0.05) is 36.3 Å². The molecule has 0 aromatic carbocycles. The van der Waals surface area contributed by atoms with Crippen molar-refractivity contribution < 1.29 is 90.7 Å². The fraction of sp³-hybridized carbons (Fsp3) is 0.571. The molecule has 9 atom stereocenters. The van der Waals surface area contributed by atoms with Gasteiger partial charge >= 0.3 is 0 Å². The number of hydrogen-bond donors (Lipinski definition) is 7. The van der Waals surface area contributed by atoms with E-state index in [4.69, 9.17) is 10.5 Å². The van der Waals surface area contributed by atoms with E-state index >= 15 is 0 Å². The summed E-state index contributed by atoms with van der Waals surface area (Å²) in [7, 11) is -17.7. The number of carbonyl (C=O) groups excluding carboxylic acids is 3. The molecule has 1 aliphatic heterocycles. The lowest BCUT2D eigenvalue weighted by atomic mass is 9.87. The van der Waals surface area contributed by atoms with Crippen LogP contribution in [-0.2, 0) is 50.7 Å². The van der Waals surface area contributed by atoms with Gasteiger partial charge in [0.05, 0.1) is 27.4 Å². The van der Waals surface area contributed by atoms with Crippen molar-refractivity contribution in [3.8, 4) is 0 Å². The van der Waals surface area contributed by atoms with E-state index in [0.717, 1.165) is 29.0 Å². The van der Waals surface area contributed by atoms with Crippen molar-refractivity contribution in [3.05, 3.63) is 36.5 Å². The molecule has 0 saturated carbocycles. The van der Waals surface area contributed by atoms with Crippen LogP contribution in [0.2, 0.25) is 0 Å². The Morgan fingerprint density at radius 1 is 1.05 bits per heavy atom. The fourth-order valence-electron chi connectivity index (χ4n) is 5.18. The van der Waals surface area contributed by atoms with Crippen LogP contribution in [0.4, 0.5) is 5.82 Å². The molecule has 4 unspecified atom stereocenters. The van der Waals surface area contributed by atoms with Gasteiger partial charge < -0.3 is 79.2 Å². The molecule has 324 valence electrons. The van der Waals surface area contributed by atoms with E-state index in [1.807, 2.05) is 0 Å². The van der Waals surface area contributed by atoms with Gasteiger partial charge in [-0.05, 0) is 0 Å². The number of phosphoric acid groups is 3. The maximum Gasteiger partial charge on any atom is 0.274 e. The second-order valence-electron chi connectivity index (χ2n) is 13.1. The van der Waals surface area contributed by atoms with Crippen molar-refractivity contribution in [1.29, 1.82) is 0 Å². The van der Waals surface area contributed by atoms with Gasteiger partial charge in [0.25, 0.3) is 15.6 Å². The number of allylic oxidation sites excluding steroid dienone is 2. The summed E-state index contributed by atoms with van der Waals surface area (Å²) < 4.78 is 60.4. The third-order valence-corrected chi connectivity index (χ3v) is 12.1. The SMILES string of the molecule is CC(C)(COP(=O)([O-])OP(=O)([O-])OC[C@H]1O[C@@H](n2cnc3c(N)ncnc32)[C@H](O)[C@@H]1OP(=O)([O-])[O-])[C@@H](O)C(=O)NCCC(=O)NCCSC(=O)C1=CC=CC(O)C1O. The summed E-state index contributed by atoms with van der Waals surface area (Å²) in [6.07, 6.45) is -6.26. The minimum Gasteiger partial charge on any atom is -0.790 e. The number of aromatic nitrogens is 4. The Kier molecular flexibility index (Phi) is 16.1. The number of nitrogen functional groups attached to an aromatic ring is 1.